The molecule has 0 aliphatic heterocycles. The zero-order chi connectivity index (χ0) is 16.7. The predicted octanol–water partition coefficient (Wildman–Crippen LogP) is 2.40. The molecule has 0 atom stereocenters. The quantitative estimate of drug-likeness (QED) is 0.885. The summed E-state index contributed by atoms with van der Waals surface area (Å²) in [4.78, 5) is 12.5. The fraction of sp³-hybridized carbons (Fsp3) is 0.500. The lowest BCUT2D eigenvalue weighted by Gasteiger charge is -2.22. The number of amides is 1. The molecule has 1 aromatic carbocycles. The second-order valence-corrected chi connectivity index (χ2v) is 7.11. The van der Waals surface area contributed by atoms with Gasteiger partial charge in [-0.3, -0.25) is 4.79 Å². The van der Waals surface area contributed by atoms with Gasteiger partial charge in [0.2, 0.25) is 5.91 Å². The maximum atomic E-state index is 12.5. The van der Waals surface area contributed by atoms with Crippen molar-refractivity contribution in [1.82, 2.24) is 20.2 Å². The highest BCUT2D eigenvalue weighted by molar-refractivity contribution is 6.32. The van der Waals surface area contributed by atoms with E-state index in [1.54, 1.807) is 22.9 Å². The standard InChI is InChI=1S/C16H19ClN6O/c17-12-6-5-11(19-15(24)16(18)7-1-2-8-16)9-13(12)23-14(10-3-4-10)20-21-22-23/h5-6,9-10H,1-4,7-8,18H2,(H,19,24). The van der Waals surface area contributed by atoms with E-state index in [0.29, 0.717) is 22.3 Å². The van der Waals surface area contributed by atoms with Gasteiger partial charge in [0.1, 0.15) is 0 Å². The Bertz CT molecular complexity index is 779. The Morgan fingerprint density at radius 1 is 1.33 bits per heavy atom. The summed E-state index contributed by atoms with van der Waals surface area (Å²) in [6.07, 6.45) is 5.60. The summed E-state index contributed by atoms with van der Waals surface area (Å²) >= 11 is 6.32. The molecule has 3 N–H and O–H groups in total. The molecule has 24 heavy (non-hydrogen) atoms. The normalized spacial score (nSPS) is 19.4. The fourth-order valence-electron chi connectivity index (χ4n) is 3.20. The zero-order valence-corrected chi connectivity index (χ0v) is 14.0. The van der Waals surface area contributed by atoms with Gasteiger partial charge < -0.3 is 11.1 Å². The first-order chi connectivity index (χ1) is 11.6. The zero-order valence-electron chi connectivity index (χ0n) is 13.2. The highest BCUT2D eigenvalue weighted by Gasteiger charge is 2.37. The molecule has 1 heterocycles. The molecule has 4 rings (SSSR count). The lowest BCUT2D eigenvalue weighted by atomic mass is 9.98. The van der Waals surface area contributed by atoms with E-state index in [4.69, 9.17) is 17.3 Å². The minimum atomic E-state index is -0.770. The van der Waals surface area contributed by atoms with Crippen LogP contribution in [0.3, 0.4) is 0 Å². The van der Waals surface area contributed by atoms with Crippen LogP contribution in [0.4, 0.5) is 5.69 Å². The Labute approximate surface area is 144 Å². The van der Waals surface area contributed by atoms with Crippen molar-refractivity contribution in [1.29, 1.82) is 0 Å². The Morgan fingerprint density at radius 2 is 2.08 bits per heavy atom. The van der Waals surface area contributed by atoms with Gasteiger partial charge in [0.25, 0.3) is 0 Å². The van der Waals surface area contributed by atoms with E-state index in [-0.39, 0.29) is 5.91 Å². The third kappa shape index (κ3) is 2.78. The molecule has 0 saturated heterocycles. The molecule has 8 heteroatoms. The smallest absolute Gasteiger partial charge is 0.244 e. The summed E-state index contributed by atoms with van der Waals surface area (Å²) in [5.74, 6) is 1.05. The monoisotopic (exact) mass is 346 g/mol. The van der Waals surface area contributed by atoms with Crippen molar-refractivity contribution in [3.05, 3.63) is 29.0 Å². The maximum absolute atomic E-state index is 12.5. The summed E-state index contributed by atoms with van der Waals surface area (Å²) in [6.45, 7) is 0. The van der Waals surface area contributed by atoms with Crippen LogP contribution in [0.5, 0.6) is 0 Å². The Balaban J connectivity index is 1.61. The fourth-order valence-corrected chi connectivity index (χ4v) is 3.40. The predicted molar refractivity (Wildman–Crippen MR) is 90.2 cm³/mol. The van der Waals surface area contributed by atoms with Crippen molar-refractivity contribution in [2.45, 2.75) is 50.0 Å². The average molecular weight is 347 g/mol. The number of aromatic nitrogens is 4. The van der Waals surface area contributed by atoms with Gasteiger partial charge in [0, 0.05) is 11.6 Å². The van der Waals surface area contributed by atoms with Gasteiger partial charge >= 0.3 is 0 Å². The topological polar surface area (TPSA) is 98.7 Å². The molecule has 2 fully saturated rings. The van der Waals surface area contributed by atoms with E-state index in [9.17, 15) is 4.79 Å². The number of nitrogens with two attached hydrogens (primary N) is 1. The molecule has 2 aliphatic rings. The maximum Gasteiger partial charge on any atom is 0.244 e. The van der Waals surface area contributed by atoms with Crippen LogP contribution in [0.1, 0.15) is 50.3 Å². The van der Waals surface area contributed by atoms with Crippen LogP contribution in [-0.2, 0) is 4.79 Å². The van der Waals surface area contributed by atoms with Crippen molar-refractivity contribution >= 4 is 23.2 Å². The van der Waals surface area contributed by atoms with E-state index in [0.717, 1.165) is 44.3 Å². The number of anilines is 1. The van der Waals surface area contributed by atoms with Gasteiger partial charge in [-0.1, -0.05) is 24.4 Å². The van der Waals surface area contributed by atoms with Crippen LogP contribution in [-0.4, -0.2) is 31.7 Å². The number of hydrogen-bond acceptors (Lipinski definition) is 5. The molecule has 0 spiro atoms. The van der Waals surface area contributed by atoms with E-state index in [1.807, 2.05) is 0 Å². The third-order valence-electron chi connectivity index (χ3n) is 4.82. The van der Waals surface area contributed by atoms with Crippen molar-refractivity contribution in [2.24, 2.45) is 5.73 Å². The summed E-state index contributed by atoms with van der Waals surface area (Å²) in [7, 11) is 0. The highest BCUT2D eigenvalue weighted by Crippen LogP contribution is 2.40. The first-order valence-electron chi connectivity index (χ1n) is 8.25. The number of nitrogens with one attached hydrogen (secondary N) is 1. The lowest BCUT2D eigenvalue weighted by molar-refractivity contribution is -0.121. The number of halogens is 1. The molecule has 1 amide bonds. The number of hydrogen-bond donors (Lipinski definition) is 2. The Kier molecular flexibility index (Phi) is 3.77. The van der Waals surface area contributed by atoms with Gasteiger partial charge in [0.15, 0.2) is 5.82 Å². The number of carbonyl (C=O) groups excluding carboxylic acids is 1. The molecule has 2 aromatic rings. The summed E-state index contributed by atoms with van der Waals surface area (Å²) in [6, 6.07) is 5.30. The molecule has 1 aromatic heterocycles. The van der Waals surface area contributed by atoms with Crippen LogP contribution in [0.25, 0.3) is 5.69 Å². The van der Waals surface area contributed by atoms with Crippen molar-refractivity contribution in [3.8, 4) is 5.69 Å². The minimum absolute atomic E-state index is 0.146. The second-order valence-electron chi connectivity index (χ2n) is 6.71. The molecule has 7 nitrogen and oxygen atoms in total. The van der Waals surface area contributed by atoms with Crippen LogP contribution >= 0.6 is 11.6 Å². The molecular formula is C16H19ClN6O. The summed E-state index contributed by atoms with van der Waals surface area (Å²) in [5.41, 5.74) is 6.75. The number of tetrazole rings is 1. The largest absolute Gasteiger partial charge is 0.324 e. The minimum Gasteiger partial charge on any atom is -0.324 e. The summed E-state index contributed by atoms with van der Waals surface area (Å²) < 4.78 is 1.66. The number of carbonyl (C=O) groups is 1. The van der Waals surface area contributed by atoms with Gasteiger partial charge in [-0.15, -0.1) is 5.10 Å². The summed E-state index contributed by atoms with van der Waals surface area (Å²) in [5, 5.41) is 15.4. The molecular weight excluding hydrogens is 328 g/mol. The van der Waals surface area contributed by atoms with E-state index < -0.39 is 5.54 Å². The van der Waals surface area contributed by atoms with Gasteiger partial charge in [-0.2, -0.15) is 4.68 Å². The van der Waals surface area contributed by atoms with Crippen molar-refractivity contribution in [3.63, 3.8) is 0 Å². The van der Waals surface area contributed by atoms with Crippen LogP contribution in [0.2, 0.25) is 5.02 Å². The second kappa shape index (κ2) is 5.82. The SMILES string of the molecule is NC1(C(=O)Nc2ccc(Cl)c(-n3nnnc3C3CC3)c2)CCCC1. The van der Waals surface area contributed by atoms with Gasteiger partial charge in [-0.05, 0) is 54.3 Å². The van der Waals surface area contributed by atoms with Crippen molar-refractivity contribution in [2.75, 3.05) is 5.32 Å². The van der Waals surface area contributed by atoms with E-state index >= 15 is 0 Å². The molecule has 2 aliphatic carbocycles. The molecule has 2 saturated carbocycles. The molecule has 0 unspecified atom stereocenters. The number of benzene rings is 1. The molecule has 0 bridgehead atoms. The van der Waals surface area contributed by atoms with Gasteiger partial charge in [0.05, 0.1) is 16.2 Å². The number of rotatable bonds is 4. The van der Waals surface area contributed by atoms with E-state index in [1.165, 1.54) is 0 Å². The number of nitrogens with zero attached hydrogens (tertiary/aromatic N) is 4. The van der Waals surface area contributed by atoms with Crippen LogP contribution in [0, 0.1) is 0 Å². The van der Waals surface area contributed by atoms with Gasteiger partial charge in [-0.25, -0.2) is 0 Å². The first kappa shape index (κ1) is 15.5. The highest BCUT2D eigenvalue weighted by atomic mass is 35.5. The third-order valence-corrected chi connectivity index (χ3v) is 5.14. The first-order valence-corrected chi connectivity index (χ1v) is 8.63. The molecule has 0 radical (unpaired) electrons. The Hall–Kier alpha value is -1.99. The van der Waals surface area contributed by atoms with Crippen molar-refractivity contribution < 1.29 is 4.79 Å². The van der Waals surface area contributed by atoms with Crippen LogP contribution < -0.4 is 11.1 Å². The van der Waals surface area contributed by atoms with Crippen LogP contribution in [0.15, 0.2) is 18.2 Å². The average Bonchev–Trinajstić information content (AvgIpc) is 3.12. The lowest BCUT2D eigenvalue weighted by Crippen LogP contribution is -2.48. The van der Waals surface area contributed by atoms with E-state index in [2.05, 4.69) is 20.8 Å². The molecule has 126 valence electrons. The Morgan fingerprint density at radius 3 is 2.79 bits per heavy atom.